The maximum atomic E-state index is 13.0. The number of hydrogen-bond donors (Lipinski definition) is 1. The van der Waals surface area contributed by atoms with Gasteiger partial charge in [-0.1, -0.05) is 33.2 Å². The van der Waals surface area contributed by atoms with Gasteiger partial charge < -0.3 is 14.4 Å². The van der Waals surface area contributed by atoms with Crippen molar-refractivity contribution in [2.75, 3.05) is 12.0 Å². The number of ketones is 1. The fraction of sp³-hybridized carbons (Fsp3) is 0.136. The second-order valence-electron chi connectivity index (χ2n) is 6.75. The molecule has 1 unspecified atom stereocenters. The van der Waals surface area contributed by atoms with Gasteiger partial charge in [-0.3, -0.25) is 14.5 Å². The number of amides is 1. The number of rotatable bonds is 4. The van der Waals surface area contributed by atoms with E-state index in [1.54, 1.807) is 55.5 Å². The third kappa shape index (κ3) is 3.39. The SMILES string of the molecule is COc1ccc(C(O)=C2C(=O)C(=O)N(c3cc(C)on3)C2c2cccc(Br)c2)cc1. The number of anilines is 1. The number of hydrogen-bond acceptors (Lipinski definition) is 6. The zero-order valence-electron chi connectivity index (χ0n) is 16.1. The molecule has 1 aromatic heterocycles. The summed E-state index contributed by atoms with van der Waals surface area (Å²) in [5.41, 5.74) is 1.01. The highest BCUT2D eigenvalue weighted by Crippen LogP contribution is 2.42. The molecule has 0 aliphatic carbocycles. The van der Waals surface area contributed by atoms with Crippen molar-refractivity contribution in [3.05, 3.63) is 81.5 Å². The molecule has 1 N–H and O–H groups in total. The van der Waals surface area contributed by atoms with E-state index in [2.05, 4.69) is 21.1 Å². The van der Waals surface area contributed by atoms with Gasteiger partial charge >= 0.3 is 5.91 Å². The van der Waals surface area contributed by atoms with Crippen LogP contribution >= 0.6 is 15.9 Å². The Bertz CT molecular complexity index is 1170. The van der Waals surface area contributed by atoms with E-state index >= 15 is 0 Å². The maximum absolute atomic E-state index is 13.0. The second kappa shape index (κ2) is 7.79. The van der Waals surface area contributed by atoms with Crippen LogP contribution in [-0.2, 0) is 9.59 Å². The number of ether oxygens (including phenoxy) is 1. The summed E-state index contributed by atoms with van der Waals surface area (Å²) >= 11 is 3.42. The fourth-order valence-corrected chi connectivity index (χ4v) is 3.85. The summed E-state index contributed by atoms with van der Waals surface area (Å²) in [6.07, 6.45) is 0. The van der Waals surface area contributed by atoms with Crippen molar-refractivity contribution >= 4 is 39.2 Å². The number of aliphatic hydroxyl groups is 1. The van der Waals surface area contributed by atoms with Gasteiger partial charge in [0.25, 0.3) is 5.78 Å². The lowest BCUT2D eigenvalue weighted by Crippen LogP contribution is -2.29. The zero-order valence-corrected chi connectivity index (χ0v) is 17.7. The van der Waals surface area contributed by atoms with Crippen molar-refractivity contribution in [3.63, 3.8) is 0 Å². The van der Waals surface area contributed by atoms with Crippen molar-refractivity contribution in [1.29, 1.82) is 0 Å². The standard InChI is InChI=1S/C22H17BrN2O5/c1-12-10-17(24-30-12)25-19(14-4-3-5-15(23)11-14)18(21(27)22(25)28)20(26)13-6-8-16(29-2)9-7-13/h3-11,19,26H,1-2H3. The highest BCUT2D eigenvalue weighted by molar-refractivity contribution is 9.10. The van der Waals surface area contributed by atoms with E-state index in [4.69, 9.17) is 9.26 Å². The van der Waals surface area contributed by atoms with E-state index in [0.717, 1.165) is 4.47 Å². The monoisotopic (exact) mass is 468 g/mol. The van der Waals surface area contributed by atoms with Crippen molar-refractivity contribution in [2.24, 2.45) is 0 Å². The molecule has 1 fully saturated rings. The predicted molar refractivity (Wildman–Crippen MR) is 113 cm³/mol. The number of nitrogens with zero attached hydrogens (tertiary/aromatic N) is 2. The van der Waals surface area contributed by atoms with E-state index in [1.807, 2.05) is 6.07 Å². The Hall–Kier alpha value is -3.39. The van der Waals surface area contributed by atoms with E-state index in [1.165, 1.54) is 12.0 Å². The molecule has 152 valence electrons. The first kappa shape index (κ1) is 19.9. The summed E-state index contributed by atoms with van der Waals surface area (Å²) < 4.78 is 11.0. The molecular formula is C22H17BrN2O5. The molecule has 30 heavy (non-hydrogen) atoms. The molecule has 2 heterocycles. The number of benzene rings is 2. The fourth-order valence-electron chi connectivity index (χ4n) is 3.43. The van der Waals surface area contributed by atoms with Crippen molar-refractivity contribution in [2.45, 2.75) is 13.0 Å². The van der Waals surface area contributed by atoms with Crippen LogP contribution < -0.4 is 9.64 Å². The van der Waals surface area contributed by atoms with Gasteiger partial charge in [-0.25, -0.2) is 0 Å². The highest BCUT2D eigenvalue weighted by Gasteiger charge is 2.48. The van der Waals surface area contributed by atoms with Gasteiger partial charge in [-0.15, -0.1) is 0 Å². The topological polar surface area (TPSA) is 92.9 Å². The van der Waals surface area contributed by atoms with Crippen LogP contribution in [0.1, 0.15) is 22.9 Å². The Labute approximate surface area is 180 Å². The Morgan fingerprint density at radius 1 is 1.17 bits per heavy atom. The molecule has 1 aliphatic heterocycles. The summed E-state index contributed by atoms with van der Waals surface area (Å²) in [5, 5.41) is 14.9. The Morgan fingerprint density at radius 3 is 2.50 bits per heavy atom. The molecule has 1 saturated heterocycles. The maximum Gasteiger partial charge on any atom is 0.301 e. The van der Waals surface area contributed by atoms with Gasteiger partial charge in [0.05, 0.1) is 18.7 Å². The number of methoxy groups -OCH3 is 1. The first-order valence-corrected chi connectivity index (χ1v) is 9.84. The Balaban J connectivity index is 1.92. The smallest absolute Gasteiger partial charge is 0.301 e. The molecule has 0 saturated carbocycles. The molecule has 0 bridgehead atoms. The van der Waals surface area contributed by atoms with Gasteiger partial charge in [0.1, 0.15) is 17.3 Å². The van der Waals surface area contributed by atoms with Crippen LogP contribution in [-0.4, -0.2) is 29.1 Å². The summed E-state index contributed by atoms with van der Waals surface area (Å²) in [6.45, 7) is 1.69. The minimum absolute atomic E-state index is 0.0241. The van der Waals surface area contributed by atoms with Crippen LogP contribution in [0.15, 0.2) is 69.2 Å². The zero-order chi connectivity index (χ0) is 21.4. The summed E-state index contributed by atoms with van der Waals surface area (Å²) in [5.74, 6) is -0.557. The molecular weight excluding hydrogens is 452 g/mol. The van der Waals surface area contributed by atoms with Crippen LogP contribution in [0.2, 0.25) is 0 Å². The minimum Gasteiger partial charge on any atom is -0.507 e. The highest BCUT2D eigenvalue weighted by atomic mass is 79.9. The van der Waals surface area contributed by atoms with Crippen LogP contribution in [0.5, 0.6) is 5.75 Å². The molecule has 0 spiro atoms. The second-order valence-corrected chi connectivity index (χ2v) is 7.66. The summed E-state index contributed by atoms with van der Waals surface area (Å²) in [7, 11) is 1.54. The lowest BCUT2D eigenvalue weighted by atomic mass is 9.95. The van der Waals surface area contributed by atoms with Crippen LogP contribution in [0.25, 0.3) is 5.76 Å². The van der Waals surface area contributed by atoms with Gasteiger partial charge in [0.2, 0.25) is 0 Å². The van der Waals surface area contributed by atoms with E-state index in [0.29, 0.717) is 22.6 Å². The average molecular weight is 469 g/mol. The lowest BCUT2D eigenvalue weighted by molar-refractivity contribution is -0.132. The lowest BCUT2D eigenvalue weighted by Gasteiger charge is -2.23. The van der Waals surface area contributed by atoms with E-state index in [-0.39, 0.29) is 17.2 Å². The van der Waals surface area contributed by atoms with Gasteiger partial charge in [-0.05, 0) is 48.9 Å². The van der Waals surface area contributed by atoms with Crippen molar-refractivity contribution < 1.29 is 24.0 Å². The van der Waals surface area contributed by atoms with Crippen LogP contribution in [0.3, 0.4) is 0 Å². The molecule has 1 amide bonds. The number of carbonyl (C=O) groups excluding carboxylic acids is 2. The normalized spacial score (nSPS) is 18.1. The molecule has 1 aliphatic rings. The molecule has 0 radical (unpaired) electrons. The average Bonchev–Trinajstić information content (AvgIpc) is 3.28. The van der Waals surface area contributed by atoms with Gasteiger partial charge in [-0.2, -0.15) is 0 Å². The largest absolute Gasteiger partial charge is 0.507 e. The number of halogens is 1. The van der Waals surface area contributed by atoms with Crippen LogP contribution in [0.4, 0.5) is 5.82 Å². The molecule has 4 rings (SSSR count). The van der Waals surface area contributed by atoms with Gasteiger partial charge in [0.15, 0.2) is 5.82 Å². The van der Waals surface area contributed by atoms with E-state index in [9.17, 15) is 14.7 Å². The third-order valence-corrected chi connectivity index (χ3v) is 5.33. The van der Waals surface area contributed by atoms with Gasteiger partial charge in [0, 0.05) is 16.1 Å². The quantitative estimate of drug-likeness (QED) is 0.347. The number of aromatic nitrogens is 1. The first-order chi connectivity index (χ1) is 14.4. The molecule has 2 aromatic carbocycles. The first-order valence-electron chi connectivity index (χ1n) is 9.05. The number of aliphatic hydroxyl groups excluding tert-OH is 1. The third-order valence-electron chi connectivity index (χ3n) is 4.83. The van der Waals surface area contributed by atoms with Crippen molar-refractivity contribution in [3.8, 4) is 5.75 Å². The molecule has 8 heteroatoms. The number of carbonyl (C=O) groups is 2. The molecule has 1 atom stereocenters. The number of Topliss-reactive ketones (excluding diaryl/α,β-unsaturated/α-hetero) is 1. The number of aryl methyl sites for hydroxylation is 1. The summed E-state index contributed by atoms with van der Waals surface area (Å²) in [6, 6.07) is 14.5. The minimum atomic E-state index is -0.867. The molecule has 7 nitrogen and oxygen atoms in total. The predicted octanol–water partition coefficient (Wildman–Crippen LogP) is 4.38. The van der Waals surface area contributed by atoms with Crippen molar-refractivity contribution in [1.82, 2.24) is 5.16 Å². The Morgan fingerprint density at radius 2 is 1.90 bits per heavy atom. The van der Waals surface area contributed by atoms with Crippen LogP contribution in [0, 0.1) is 6.92 Å². The molecule has 3 aromatic rings. The summed E-state index contributed by atoms with van der Waals surface area (Å²) in [4.78, 5) is 27.2. The Kier molecular flexibility index (Phi) is 5.17. The van der Waals surface area contributed by atoms with E-state index < -0.39 is 17.7 Å².